The van der Waals surface area contributed by atoms with Crippen LogP contribution in [0.5, 0.6) is 0 Å². The summed E-state index contributed by atoms with van der Waals surface area (Å²) in [6.45, 7) is 1.85. The Bertz CT molecular complexity index is 460. The van der Waals surface area contributed by atoms with Crippen LogP contribution in [0.2, 0.25) is 0 Å². The number of amides is 1. The third kappa shape index (κ3) is 4.51. The highest BCUT2D eigenvalue weighted by atomic mass is 19.4. The van der Waals surface area contributed by atoms with E-state index in [9.17, 15) is 18.0 Å². The third-order valence-electron chi connectivity index (χ3n) is 2.51. The summed E-state index contributed by atoms with van der Waals surface area (Å²) in [5.41, 5.74) is 6.53. The Kier molecular flexibility index (Phi) is 4.88. The molecule has 1 aromatic rings. The van der Waals surface area contributed by atoms with Gasteiger partial charge in [0.1, 0.15) is 6.54 Å². The second-order valence-corrected chi connectivity index (χ2v) is 4.22. The predicted molar refractivity (Wildman–Crippen MR) is 64.7 cm³/mol. The molecule has 0 unspecified atom stereocenters. The van der Waals surface area contributed by atoms with E-state index in [-0.39, 0.29) is 18.7 Å². The van der Waals surface area contributed by atoms with Crippen LogP contribution in [-0.4, -0.2) is 41.6 Å². The molecule has 7 heteroatoms. The molecule has 2 N–H and O–H groups in total. The minimum atomic E-state index is -4.45. The first-order valence-corrected chi connectivity index (χ1v) is 5.75. The summed E-state index contributed by atoms with van der Waals surface area (Å²) in [7, 11) is 0. The summed E-state index contributed by atoms with van der Waals surface area (Å²) in [5.74, 6) is -0.701. The molecule has 1 amide bonds. The highest BCUT2D eigenvalue weighted by molar-refractivity contribution is 5.95. The lowest BCUT2D eigenvalue weighted by molar-refractivity contribution is -0.140. The van der Waals surface area contributed by atoms with Crippen LogP contribution in [0.15, 0.2) is 12.1 Å². The van der Waals surface area contributed by atoms with Crippen LogP contribution >= 0.6 is 0 Å². The normalized spacial score (nSPS) is 11.5. The Hall–Kier alpha value is -1.63. The van der Waals surface area contributed by atoms with Gasteiger partial charge in [0.2, 0.25) is 0 Å². The molecular weight excluding hydrogens is 259 g/mol. The quantitative estimate of drug-likeness (QED) is 0.909. The number of hydrogen-bond donors (Lipinski definition) is 1. The molecule has 0 saturated carbocycles. The maximum absolute atomic E-state index is 12.4. The van der Waals surface area contributed by atoms with Gasteiger partial charge in [0.25, 0.3) is 5.91 Å². The van der Waals surface area contributed by atoms with E-state index in [1.807, 2.05) is 0 Å². The number of aryl methyl sites for hydroxylation is 2. The van der Waals surface area contributed by atoms with E-state index in [1.165, 1.54) is 6.07 Å². The van der Waals surface area contributed by atoms with Gasteiger partial charge in [-0.25, -0.2) is 0 Å². The van der Waals surface area contributed by atoms with Crippen molar-refractivity contribution in [2.45, 2.75) is 20.0 Å². The van der Waals surface area contributed by atoms with Crippen LogP contribution in [0.4, 0.5) is 13.2 Å². The van der Waals surface area contributed by atoms with Gasteiger partial charge in [-0.3, -0.25) is 9.78 Å². The van der Waals surface area contributed by atoms with Crippen LogP contribution in [0.25, 0.3) is 0 Å². The number of alkyl halides is 3. The molecule has 0 aliphatic heterocycles. The fourth-order valence-electron chi connectivity index (χ4n) is 1.71. The summed E-state index contributed by atoms with van der Waals surface area (Å²) in [6.07, 6.45) is -4.45. The monoisotopic (exact) mass is 275 g/mol. The van der Waals surface area contributed by atoms with Crippen LogP contribution < -0.4 is 5.73 Å². The molecule has 0 spiro atoms. The standard InChI is InChI=1S/C12H16F3N3O/c1-8-3-4-10(9(2)17-8)11(19)18(6-5-16)7-12(13,14)15/h3-4H,5-7,16H2,1-2H3. The zero-order valence-electron chi connectivity index (χ0n) is 10.8. The highest BCUT2D eigenvalue weighted by Crippen LogP contribution is 2.18. The number of pyridine rings is 1. The van der Waals surface area contributed by atoms with Crippen molar-refractivity contribution in [2.24, 2.45) is 5.73 Å². The average molecular weight is 275 g/mol. The molecule has 0 fully saturated rings. The molecule has 0 radical (unpaired) electrons. The lowest BCUT2D eigenvalue weighted by Crippen LogP contribution is -2.42. The number of aromatic nitrogens is 1. The van der Waals surface area contributed by atoms with Gasteiger partial charge in [0.15, 0.2) is 0 Å². The Morgan fingerprint density at radius 3 is 2.47 bits per heavy atom. The lowest BCUT2D eigenvalue weighted by atomic mass is 10.1. The van der Waals surface area contributed by atoms with Gasteiger partial charge in [-0.15, -0.1) is 0 Å². The zero-order valence-corrected chi connectivity index (χ0v) is 10.8. The molecule has 1 rings (SSSR count). The van der Waals surface area contributed by atoms with Crippen molar-refractivity contribution in [1.82, 2.24) is 9.88 Å². The number of nitrogens with two attached hydrogens (primary N) is 1. The summed E-state index contributed by atoms with van der Waals surface area (Å²) in [6, 6.07) is 3.08. The number of rotatable bonds is 4. The molecule has 19 heavy (non-hydrogen) atoms. The van der Waals surface area contributed by atoms with E-state index < -0.39 is 18.6 Å². The number of carbonyl (C=O) groups is 1. The van der Waals surface area contributed by atoms with E-state index in [0.29, 0.717) is 16.3 Å². The Balaban J connectivity index is 2.99. The van der Waals surface area contributed by atoms with Crippen molar-refractivity contribution in [3.05, 3.63) is 29.1 Å². The van der Waals surface area contributed by atoms with Gasteiger partial charge in [-0.2, -0.15) is 13.2 Å². The molecule has 0 aliphatic rings. The van der Waals surface area contributed by atoms with Crippen LogP contribution in [0.1, 0.15) is 21.7 Å². The van der Waals surface area contributed by atoms with E-state index in [2.05, 4.69) is 4.98 Å². The second kappa shape index (κ2) is 6.01. The molecule has 4 nitrogen and oxygen atoms in total. The lowest BCUT2D eigenvalue weighted by Gasteiger charge is -2.23. The fraction of sp³-hybridized carbons (Fsp3) is 0.500. The highest BCUT2D eigenvalue weighted by Gasteiger charge is 2.33. The van der Waals surface area contributed by atoms with Gasteiger partial charge < -0.3 is 10.6 Å². The molecule has 1 aromatic heterocycles. The first kappa shape index (κ1) is 15.4. The first-order chi connectivity index (χ1) is 8.74. The topological polar surface area (TPSA) is 59.2 Å². The summed E-state index contributed by atoms with van der Waals surface area (Å²) >= 11 is 0. The SMILES string of the molecule is Cc1ccc(C(=O)N(CCN)CC(F)(F)F)c(C)n1. The number of hydrogen-bond acceptors (Lipinski definition) is 3. The molecule has 0 aromatic carbocycles. The maximum atomic E-state index is 12.4. The first-order valence-electron chi connectivity index (χ1n) is 5.75. The summed E-state index contributed by atoms with van der Waals surface area (Å²) in [4.78, 5) is 16.8. The minimum Gasteiger partial charge on any atom is -0.329 e. The van der Waals surface area contributed by atoms with Crippen molar-refractivity contribution >= 4 is 5.91 Å². The molecule has 0 bridgehead atoms. The minimum absolute atomic E-state index is 0.0276. The number of nitrogens with zero attached hydrogens (tertiary/aromatic N) is 2. The van der Waals surface area contributed by atoms with E-state index in [4.69, 9.17) is 5.73 Å². The average Bonchev–Trinajstić information content (AvgIpc) is 2.26. The Morgan fingerprint density at radius 1 is 1.37 bits per heavy atom. The second-order valence-electron chi connectivity index (χ2n) is 4.22. The molecule has 0 aliphatic carbocycles. The maximum Gasteiger partial charge on any atom is 0.406 e. The van der Waals surface area contributed by atoms with Gasteiger partial charge >= 0.3 is 6.18 Å². The molecule has 0 atom stereocenters. The van der Waals surface area contributed by atoms with Gasteiger partial charge in [-0.05, 0) is 26.0 Å². The summed E-state index contributed by atoms with van der Waals surface area (Å²) in [5, 5.41) is 0. The van der Waals surface area contributed by atoms with Gasteiger partial charge in [-0.1, -0.05) is 0 Å². The number of halogens is 3. The van der Waals surface area contributed by atoms with Crippen LogP contribution in [0, 0.1) is 13.8 Å². The van der Waals surface area contributed by atoms with E-state index >= 15 is 0 Å². The Morgan fingerprint density at radius 2 is 2.00 bits per heavy atom. The number of carbonyl (C=O) groups excluding carboxylic acids is 1. The van der Waals surface area contributed by atoms with Crippen molar-refractivity contribution in [2.75, 3.05) is 19.6 Å². The zero-order chi connectivity index (χ0) is 14.6. The Labute approximate surface area is 109 Å². The molecular formula is C12H16F3N3O. The van der Waals surface area contributed by atoms with Crippen molar-refractivity contribution in [3.63, 3.8) is 0 Å². The predicted octanol–water partition coefficient (Wildman–Crippen LogP) is 1.66. The molecule has 106 valence electrons. The fourth-order valence-corrected chi connectivity index (χ4v) is 1.71. The third-order valence-corrected chi connectivity index (χ3v) is 2.51. The molecule has 0 saturated heterocycles. The van der Waals surface area contributed by atoms with Crippen LogP contribution in [0.3, 0.4) is 0 Å². The van der Waals surface area contributed by atoms with E-state index in [1.54, 1.807) is 19.9 Å². The van der Waals surface area contributed by atoms with Crippen molar-refractivity contribution in [3.8, 4) is 0 Å². The van der Waals surface area contributed by atoms with Gasteiger partial charge in [0.05, 0.1) is 11.3 Å². The van der Waals surface area contributed by atoms with E-state index in [0.717, 1.165) is 0 Å². The largest absolute Gasteiger partial charge is 0.406 e. The van der Waals surface area contributed by atoms with Crippen molar-refractivity contribution in [1.29, 1.82) is 0 Å². The van der Waals surface area contributed by atoms with Gasteiger partial charge in [0, 0.05) is 18.8 Å². The van der Waals surface area contributed by atoms with Crippen molar-refractivity contribution < 1.29 is 18.0 Å². The van der Waals surface area contributed by atoms with Crippen LogP contribution in [-0.2, 0) is 0 Å². The summed E-state index contributed by atoms with van der Waals surface area (Å²) < 4.78 is 37.3. The molecule has 1 heterocycles. The smallest absolute Gasteiger partial charge is 0.329 e.